The lowest BCUT2D eigenvalue weighted by molar-refractivity contribution is -0.122. The molecule has 0 saturated carbocycles. The lowest BCUT2D eigenvalue weighted by Crippen LogP contribution is -2.33. The summed E-state index contributed by atoms with van der Waals surface area (Å²) in [5.41, 5.74) is 2.77. The molecule has 0 N–H and O–H groups in total. The number of carbonyl (C=O) groups is 1. The fourth-order valence-electron chi connectivity index (χ4n) is 4.42. The van der Waals surface area contributed by atoms with Gasteiger partial charge in [-0.1, -0.05) is 87.4 Å². The SMILES string of the molecule is CCCCC(CC)CN1C(=O)/C(=C/c2cn(-c3ccccc3)nc2-c2cccc(S(=O)(=O)N(C)C)c2)SC1=S. The van der Waals surface area contributed by atoms with E-state index in [2.05, 4.69) is 13.8 Å². The van der Waals surface area contributed by atoms with E-state index in [9.17, 15) is 13.2 Å². The predicted molar refractivity (Wildman–Crippen MR) is 163 cm³/mol. The summed E-state index contributed by atoms with van der Waals surface area (Å²) in [6.07, 6.45) is 8.01. The normalized spacial score (nSPS) is 16.0. The van der Waals surface area contributed by atoms with Crippen LogP contribution in [0.5, 0.6) is 0 Å². The maximum Gasteiger partial charge on any atom is 0.266 e. The lowest BCUT2D eigenvalue weighted by atomic mass is 9.99. The van der Waals surface area contributed by atoms with Crippen molar-refractivity contribution >= 4 is 50.3 Å². The molecule has 1 aromatic heterocycles. The molecule has 0 bridgehead atoms. The van der Waals surface area contributed by atoms with Gasteiger partial charge in [-0.15, -0.1) is 0 Å². The number of aromatic nitrogens is 2. The average molecular weight is 583 g/mol. The van der Waals surface area contributed by atoms with E-state index in [0.29, 0.717) is 38.5 Å². The molecule has 1 saturated heterocycles. The fraction of sp³-hybridized carbons (Fsp3) is 0.345. The van der Waals surface area contributed by atoms with Gasteiger partial charge in [0.2, 0.25) is 10.0 Å². The van der Waals surface area contributed by atoms with Gasteiger partial charge in [0.1, 0.15) is 10.0 Å². The fourth-order valence-corrected chi connectivity index (χ4v) is 6.63. The van der Waals surface area contributed by atoms with Gasteiger partial charge in [-0.3, -0.25) is 9.69 Å². The summed E-state index contributed by atoms with van der Waals surface area (Å²) in [5, 5.41) is 4.82. The minimum absolute atomic E-state index is 0.0951. The van der Waals surface area contributed by atoms with Crippen LogP contribution in [0.4, 0.5) is 0 Å². The van der Waals surface area contributed by atoms with E-state index in [4.69, 9.17) is 17.3 Å². The first-order valence-corrected chi connectivity index (χ1v) is 15.8. The highest BCUT2D eigenvalue weighted by Crippen LogP contribution is 2.36. The van der Waals surface area contributed by atoms with Gasteiger partial charge in [0.25, 0.3) is 5.91 Å². The number of para-hydroxylation sites is 1. The van der Waals surface area contributed by atoms with Gasteiger partial charge >= 0.3 is 0 Å². The Balaban J connectivity index is 1.75. The van der Waals surface area contributed by atoms with Crippen molar-refractivity contribution in [2.24, 2.45) is 5.92 Å². The van der Waals surface area contributed by atoms with Gasteiger partial charge in [0.15, 0.2) is 0 Å². The highest BCUT2D eigenvalue weighted by Gasteiger charge is 2.33. The quantitative estimate of drug-likeness (QED) is 0.198. The van der Waals surface area contributed by atoms with Crippen molar-refractivity contribution in [3.8, 4) is 16.9 Å². The molecule has 1 aliphatic rings. The zero-order valence-corrected chi connectivity index (χ0v) is 25.2. The molecule has 1 unspecified atom stereocenters. The van der Waals surface area contributed by atoms with Gasteiger partial charge in [-0.2, -0.15) is 5.10 Å². The number of nitrogens with zero attached hydrogens (tertiary/aromatic N) is 4. The summed E-state index contributed by atoms with van der Waals surface area (Å²) in [4.78, 5) is 15.9. The molecule has 0 radical (unpaired) electrons. The van der Waals surface area contributed by atoms with E-state index in [1.54, 1.807) is 27.8 Å². The molecule has 1 fully saturated rings. The third-order valence-corrected chi connectivity index (χ3v) is 9.98. The molecule has 0 spiro atoms. The molecule has 10 heteroatoms. The zero-order valence-electron chi connectivity index (χ0n) is 22.7. The summed E-state index contributed by atoms with van der Waals surface area (Å²) in [6, 6.07) is 16.4. The first-order valence-electron chi connectivity index (χ1n) is 13.1. The van der Waals surface area contributed by atoms with Crippen molar-refractivity contribution in [1.82, 2.24) is 19.0 Å². The van der Waals surface area contributed by atoms with Crippen LogP contribution in [-0.2, 0) is 14.8 Å². The van der Waals surface area contributed by atoms with E-state index in [1.165, 1.54) is 30.2 Å². The highest BCUT2D eigenvalue weighted by molar-refractivity contribution is 8.26. The lowest BCUT2D eigenvalue weighted by Gasteiger charge is -2.21. The van der Waals surface area contributed by atoms with Crippen LogP contribution in [0.25, 0.3) is 23.0 Å². The Kier molecular flexibility index (Phi) is 9.43. The maximum absolute atomic E-state index is 13.5. The van der Waals surface area contributed by atoms with E-state index in [-0.39, 0.29) is 10.8 Å². The Morgan fingerprint density at radius 1 is 1.10 bits per heavy atom. The third kappa shape index (κ3) is 6.51. The van der Waals surface area contributed by atoms with Crippen LogP contribution in [0.1, 0.15) is 45.1 Å². The molecule has 1 amide bonds. The number of benzene rings is 2. The molecule has 4 rings (SSSR count). The molecule has 0 aliphatic carbocycles. The van der Waals surface area contributed by atoms with Crippen LogP contribution in [0.3, 0.4) is 0 Å². The number of thiocarbonyl (C=S) groups is 1. The summed E-state index contributed by atoms with van der Waals surface area (Å²) >= 11 is 6.92. The smallest absolute Gasteiger partial charge is 0.266 e. The number of amides is 1. The van der Waals surface area contributed by atoms with E-state index < -0.39 is 10.0 Å². The standard InChI is InChI=1S/C29H34N4O3S3/c1-5-7-12-21(6-2)19-32-28(34)26(38-29(32)37)18-23-20-33(24-14-9-8-10-15-24)30-27(23)22-13-11-16-25(17-22)39(35,36)31(3)4/h8-11,13-18,20-21H,5-7,12,19H2,1-4H3/b26-18-. The third-order valence-electron chi connectivity index (χ3n) is 6.79. The van der Waals surface area contributed by atoms with Crippen molar-refractivity contribution in [3.63, 3.8) is 0 Å². The molecule has 1 aliphatic heterocycles. The number of hydrogen-bond acceptors (Lipinski definition) is 6. The summed E-state index contributed by atoms with van der Waals surface area (Å²) < 4.78 is 29.1. The predicted octanol–water partition coefficient (Wildman–Crippen LogP) is 6.21. The van der Waals surface area contributed by atoms with E-state index in [0.717, 1.165) is 31.4 Å². The van der Waals surface area contributed by atoms with Gasteiger partial charge in [0, 0.05) is 38.0 Å². The second-order valence-electron chi connectivity index (χ2n) is 9.74. The molecular weight excluding hydrogens is 549 g/mol. The molecule has 39 heavy (non-hydrogen) atoms. The Morgan fingerprint density at radius 2 is 1.85 bits per heavy atom. The van der Waals surface area contributed by atoms with Gasteiger partial charge < -0.3 is 0 Å². The maximum atomic E-state index is 13.5. The number of unbranched alkanes of at least 4 members (excludes halogenated alkanes) is 1. The number of sulfonamides is 1. The van der Waals surface area contributed by atoms with Gasteiger partial charge in [0.05, 0.1) is 15.5 Å². The Hall–Kier alpha value is -2.79. The average Bonchev–Trinajstić information content (AvgIpc) is 3.47. The van der Waals surface area contributed by atoms with E-state index >= 15 is 0 Å². The molecule has 1 atom stereocenters. The Morgan fingerprint density at radius 3 is 2.51 bits per heavy atom. The Bertz CT molecular complexity index is 1480. The summed E-state index contributed by atoms with van der Waals surface area (Å²) in [6.45, 7) is 4.95. The number of thioether (sulfide) groups is 1. The molecular formula is C29H34N4O3S3. The summed E-state index contributed by atoms with van der Waals surface area (Å²) in [5.74, 6) is 0.312. The highest BCUT2D eigenvalue weighted by atomic mass is 32.2. The first-order chi connectivity index (χ1) is 18.6. The van der Waals surface area contributed by atoms with Crippen molar-refractivity contribution in [1.29, 1.82) is 0 Å². The minimum atomic E-state index is -3.63. The van der Waals surface area contributed by atoms with Crippen LogP contribution in [0.2, 0.25) is 0 Å². The number of hydrogen-bond donors (Lipinski definition) is 0. The largest absolute Gasteiger partial charge is 0.293 e. The van der Waals surface area contributed by atoms with Crippen LogP contribution in [-0.4, -0.2) is 58.3 Å². The zero-order chi connectivity index (χ0) is 28.2. The van der Waals surface area contributed by atoms with Crippen LogP contribution in [0.15, 0.2) is 70.6 Å². The monoisotopic (exact) mass is 582 g/mol. The molecule has 3 aromatic rings. The second-order valence-corrected chi connectivity index (χ2v) is 13.6. The molecule has 7 nitrogen and oxygen atoms in total. The van der Waals surface area contributed by atoms with Crippen molar-refractivity contribution in [3.05, 3.63) is 71.3 Å². The number of rotatable bonds is 11. The first kappa shape index (κ1) is 29.2. The van der Waals surface area contributed by atoms with Gasteiger partial charge in [-0.25, -0.2) is 17.4 Å². The molecule has 2 aromatic carbocycles. The van der Waals surface area contributed by atoms with Gasteiger partial charge in [-0.05, 0) is 42.7 Å². The summed E-state index contributed by atoms with van der Waals surface area (Å²) in [7, 11) is -0.621. The van der Waals surface area contributed by atoms with Crippen LogP contribution in [0, 0.1) is 5.92 Å². The topological polar surface area (TPSA) is 75.5 Å². The van der Waals surface area contributed by atoms with Crippen molar-refractivity contribution < 1.29 is 13.2 Å². The Labute approximate surface area is 240 Å². The minimum Gasteiger partial charge on any atom is -0.293 e. The molecule has 206 valence electrons. The van der Waals surface area contributed by atoms with Crippen molar-refractivity contribution in [2.75, 3.05) is 20.6 Å². The molecule has 2 heterocycles. The van der Waals surface area contributed by atoms with Crippen LogP contribution < -0.4 is 0 Å². The van der Waals surface area contributed by atoms with Crippen LogP contribution >= 0.6 is 24.0 Å². The van der Waals surface area contributed by atoms with E-state index in [1.807, 2.05) is 48.7 Å². The second kappa shape index (κ2) is 12.6. The number of carbonyl (C=O) groups excluding carboxylic acids is 1. The van der Waals surface area contributed by atoms with Crippen molar-refractivity contribution in [2.45, 2.75) is 44.4 Å².